The number of aromatic nitrogens is 2. The summed E-state index contributed by atoms with van der Waals surface area (Å²) in [5, 5.41) is 2.99. The van der Waals surface area contributed by atoms with Gasteiger partial charge in [0.25, 0.3) is 0 Å². The molecule has 3 rings (SSSR count). The summed E-state index contributed by atoms with van der Waals surface area (Å²) in [5.41, 5.74) is 1.76. The molecule has 1 atom stereocenters. The third-order valence-electron chi connectivity index (χ3n) is 3.97. The molecule has 1 amide bonds. The number of rotatable bonds is 3. The largest absolute Gasteiger partial charge is 0.340 e. The summed E-state index contributed by atoms with van der Waals surface area (Å²) in [6.07, 6.45) is 3.63. The first-order chi connectivity index (χ1) is 11.1. The maximum atomic E-state index is 12.5. The van der Waals surface area contributed by atoms with Crippen LogP contribution in [0.3, 0.4) is 0 Å². The average molecular weight is 375 g/mol. The number of benzene rings is 1. The van der Waals surface area contributed by atoms with Crippen LogP contribution in [0, 0.1) is 12.8 Å². The second-order valence-electron chi connectivity index (χ2n) is 5.78. The first-order valence-corrected chi connectivity index (χ1v) is 8.52. The molecular weight excluding hydrogens is 356 g/mol. The molecule has 0 aliphatic carbocycles. The van der Waals surface area contributed by atoms with E-state index in [1.165, 1.54) is 0 Å². The monoisotopic (exact) mass is 374 g/mol. The Morgan fingerprint density at radius 3 is 2.83 bits per heavy atom. The lowest BCUT2D eigenvalue weighted by Gasteiger charge is -2.32. The van der Waals surface area contributed by atoms with E-state index in [2.05, 4.69) is 36.1 Å². The van der Waals surface area contributed by atoms with Crippen LogP contribution in [-0.2, 0) is 4.79 Å². The third-order valence-corrected chi connectivity index (χ3v) is 4.50. The van der Waals surface area contributed by atoms with Crippen LogP contribution in [0.15, 0.2) is 41.0 Å². The highest BCUT2D eigenvalue weighted by molar-refractivity contribution is 9.10. The molecule has 5 nitrogen and oxygen atoms in total. The molecular formula is C17H19BrN4O. The van der Waals surface area contributed by atoms with Crippen molar-refractivity contribution in [3.63, 3.8) is 0 Å². The van der Waals surface area contributed by atoms with Crippen LogP contribution in [0.2, 0.25) is 0 Å². The van der Waals surface area contributed by atoms with Crippen molar-refractivity contribution >= 4 is 33.5 Å². The van der Waals surface area contributed by atoms with Crippen LogP contribution in [0.1, 0.15) is 18.5 Å². The molecule has 1 saturated heterocycles. The fourth-order valence-corrected chi connectivity index (χ4v) is 3.00. The van der Waals surface area contributed by atoms with Crippen molar-refractivity contribution in [1.82, 2.24) is 9.97 Å². The standard InChI is InChI=1S/C17H19BrN4O/c1-12-8-9-19-17(20-12)22-10-2-3-13(11-22)16(23)21-15-6-4-14(18)5-7-15/h4-9,13H,2-3,10-11H2,1H3,(H,21,23)/t13-/m1/s1. The van der Waals surface area contributed by atoms with E-state index in [4.69, 9.17) is 0 Å². The van der Waals surface area contributed by atoms with Crippen LogP contribution in [0.4, 0.5) is 11.6 Å². The third kappa shape index (κ3) is 4.07. The Hall–Kier alpha value is -1.95. The number of carbonyl (C=O) groups is 1. The van der Waals surface area contributed by atoms with Crippen LogP contribution < -0.4 is 10.2 Å². The summed E-state index contributed by atoms with van der Waals surface area (Å²) in [4.78, 5) is 23.4. The highest BCUT2D eigenvalue weighted by atomic mass is 79.9. The second kappa shape index (κ2) is 7.08. The summed E-state index contributed by atoms with van der Waals surface area (Å²) in [6.45, 7) is 3.50. The number of halogens is 1. The number of aryl methyl sites for hydroxylation is 1. The molecule has 1 aromatic carbocycles. The highest BCUT2D eigenvalue weighted by Gasteiger charge is 2.27. The maximum absolute atomic E-state index is 12.5. The zero-order chi connectivity index (χ0) is 16.2. The zero-order valence-corrected chi connectivity index (χ0v) is 14.6. The number of amides is 1. The van der Waals surface area contributed by atoms with Gasteiger partial charge in [-0.1, -0.05) is 15.9 Å². The number of hydrogen-bond acceptors (Lipinski definition) is 4. The lowest BCUT2D eigenvalue weighted by molar-refractivity contribution is -0.120. The van der Waals surface area contributed by atoms with Gasteiger partial charge in [0, 0.05) is 35.1 Å². The molecule has 6 heteroatoms. The molecule has 0 saturated carbocycles. The zero-order valence-electron chi connectivity index (χ0n) is 13.0. The summed E-state index contributed by atoms with van der Waals surface area (Å²) in [6, 6.07) is 9.51. The van der Waals surface area contributed by atoms with E-state index in [0.717, 1.165) is 35.2 Å². The minimum Gasteiger partial charge on any atom is -0.340 e. The lowest BCUT2D eigenvalue weighted by atomic mass is 9.97. The van der Waals surface area contributed by atoms with E-state index in [1.54, 1.807) is 6.20 Å². The van der Waals surface area contributed by atoms with Gasteiger partial charge in [-0.25, -0.2) is 9.97 Å². The molecule has 1 fully saturated rings. The van der Waals surface area contributed by atoms with Crippen LogP contribution in [-0.4, -0.2) is 29.0 Å². The fraction of sp³-hybridized carbons (Fsp3) is 0.353. The molecule has 2 heterocycles. The summed E-state index contributed by atoms with van der Waals surface area (Å²) >= 11 is 3.39. The van der Waals surface area contributed by atoms with Crippen LogP contribution >= 0.6 is 15.9 Å². The molecule has 120 valence electrons. The van der Waals surface area contributed by atoms with E-state index in [-0.39, 0.29) is 11.8 Å². The van der Waals surface area contributed by atoms with E-state index in [0.29, 0.717) is 12.5 Å². The minimum absolute atomic E-state index is 0.0449. The van der Waals surface area contributed by atoms with Gasteiger partial charge in [-0.15, -0.1) is 0 Å². The highest BCUT2D eigenvalue weighted by Crippen LogP contribution is 2.22. The summed E-state index contributed by atoms with van der Waals surface area (Å²) in [5.74, 6) is 0.729. The predicted molar refractivity (Wildman–Crippen MR) is 94.5 cm³/mol. The molecule has 0 spiro atoms. The van der Waals surface area contributed by atoms with Crippen molar-refractivity contribution in [2.45, 2.75) is 19.8 Å². The smallest absolute Gasteiger partial charge is 0.229 e. The van der Waals surface area contributed by atoms with Gasteiger partial charge >= 0.3 is 0 Å². The van der Waals surface area contributed by atoms with Crippen LogP contribution in [0.25, 0.3) is 0 Å². The Morgan fingerprint density at radius 2 is 2.09 bits per heavy atom. The number of anilines is 2. The van der Waals surface area contributed by atoms with Crippen molar-refractivity contribution in [2.75, 3.05) is 23.3 Å². The molecule has 1 N–H and O–H groups in total. The number of carbonyl (C=O) groups excluding carboxylic acids is 1. The van der Waals surface area contributed by atoms with Gasteiger partial charge in [0.2, 0.25) is 11.9 Å². The Kier molecular flexibility index (Phi) is 4.91. The molecule has 0 radical (unpaired) electrons. The molecule has 2 aromatic rings. The predicted octanol–water partition coefficient (Wildman–Crippen LogP) is 3.40. The Labute approximate surface area is 144 Å². The lowest BCUT2D eigenvalue weighted by Crippen LogP contribution is -2.41. The van der Waals surface area contributed by atoms with Gasteiger partial charge in [0.1, 0.15) is 0 Å². The quantitative estimate of drug-likeness (QED) is 0.894. The Balaban J connectivity index is 1.65. The van der Waals surface area contributed by atoms with Crippen molar-refractivity contribution in [3.05, 3.63) is 46.7 Å². The molecule has 1 aliphatic rings. The second-order valence-corrected chi connectivity index (χ2v) is 6.70. The topological polar surface area (TPSA) is 58.1 Å². The first-order valence-electron chi connectivity index (χ1n) is 7.73. The van der Waals surface area contributed by atoms with Gasteiger partial charge in [-0.3, -0.25) is 4.79 Å². The van der Waals surface area contributed by atoms with E-state index in [1.807, 2.05) is 37.3 Å². The number of nitrogens with zero attached hydrogens (tertiary/aromatic N) is 3. The van der Waals surface area contributed by atoms with E-state index < -0.39 is 0 Å². The molecule has 0 bridgehead atoms. The molecule has 0 unspecified atom stereocenters. The summed E-state index contributed by atoms with van der Waals surface area (Å²) in [7, 11) is 0. The number of hydrogen-bond donors (Lipinski definition) is 1. The minimum atomic E-state index is -0.0449. The maximum Gasteiger partial charge on any atom is 0.229 e. The summed E-state index contributed by atoms with van der Waals surface area (Å²) < 4.78 is 0.996. The fourth-order valence-electron chi connectivity index (χ4n) is 2.74. The van der Waals surface area contributed by atoms with Crippen LogP contribution in [0.5, 0.6) is 0 Å². The van der Waals surface area contributed by atoms with Gasteiger partial charge in [-0.05, 0) is 50.1 Å². The Morgan fingerprint density at radius 1 is 1.30 bits per heavy atom. The van der Waals surface area contributed by atoms with Gasteiger partial charge in [-0.2, -0.15) is 0 Å². The van der Waals surface area contributed by atoms with E-state index in [9.17, 15) is 4.79 Å². The van der Waals surface area contributed by atoms with Crippen molar-refractivity contribution in [2.24, 2.45) is 5.92 Å². The number of nitrogens with one attached hydrogen (secondary N) is 1. The number of piperidine rings is 1. The van der Waals surface area contributed by atoms with Crippen molar-refractivity contribution < 1.29 is 4.79 Å². The molecule has 1 aromatic heterocycles. The SMILES string of the molecule is Cc1ccnc(N2CCC[C@@H](C(=O)Nc3ccc(Br)cc3)C2)n1. The normalized spacial score (nSPS) is 17.8. The van der Waals surface area contributed by atoms with E-state index >= 15 is 0 Å². The van der Waals surface area contributed by atoms with Gasteiger partial charge in [0.05, 0.1) is 5.92 Å². The van der Waals surface area contributed by atoms with Gasteiger partial charge in [0.15, 0.2) is 0 Å². The first kappa shape index (κ1) is 15.9. The van der Waals surface area contributed by atoms with Crippen molar-refractivity contribution in [3.8, 4) is 0 Å². The average Bonchev–Trinajstić information content (AvgIpc) is 2.57. The molecule has 1 aliphatic heterocycles. The molecule has 23 heavy (non-hydrogen) atoms. The van der Waals surface area contributed by atoms with Crippen molar-refractivity contribution in [1.29, 1.82) is 0 Å². The Bertz CT molecular complexity index is 689. The van der Waals surface area contributed by atoms with Gasteiger partial charge < -0.3 is 10.2 Å².